The molecular weight excluding hydrogens is 244 g/mol. The molecule has 1 N–H and O–H groups in total. The third-order valence-corrected chi connectivity index (χ3v) is 4.69. The van der Waals surface area contributed by atoms with Crippen molar-refractivity contribution in [2.45, 2.75) is 85.1 Å². The highest BCUT2D eigenvalue weighted by atomic mass is 15.1. The molecule has 1 rings (SSSR count). The zero-order valence-electron chi connectivity index (χ0n) is 14.5. The molecular formula is C18H38N2. The molecule has 120 valence electrons. The number of nitrogens with one attached hydrogen (secondary N) is 1. The van der Waals surface area contributed by atoms with E-state index >= 15 is 0 Å². The van der Waals surface area contributed by atoms with Crippen molar-refractivity contribution in [1.82, 2.24) is 10.2 Å². The average molecular weight is 283 g/mol. The van der Waals surface area contributed by atoms with Crippen LogP contribution in [0.5, 0.6) is 0 Å². The lowest BCUT2D eigenvalue weighted by Gasteiger charge is -2.39. The summed E-state index contributed by atoms with van der Waals surface area (Å²) in [6.45, 7) is 14.3. The van der Waals surface area contributed by atoms with Gasteiger partial charge in [-0.2, -0.15) is 0 Å². The Kier molecular flexibility index (Phi) is 8.79. The SMILES string of the molecule is CCCN(CCC)CC1(CNC(C)C)CCCCCC1. The van der Waals surface area contributed by atoms with Gasteiger partial charge in [0.05, 0.1) is 0 Å². The van der Waals surface area contributed by atoms with Crippen molar-refractivity contribution in [2.24, 2.45) is 5.41 Å². The lowest BCUT2D eigenvalue weighted by molar-refractivity contribution is 0.124. The van der Waals surface area contributed by atoms with Crippen molar-refractivity contribution < 1.29 is 0 Å². The van der Waals surface area contributed by atoms with Crippen LogP contribution in [-0.4, -0.2) is 37.1 Å². The van der Waals surface area contributed by atoms with E-state index in [2.05, 4.69) is 37.9 Å². The molecule has 1 aliphatic carbocycles. The molecule has 0 aromatic carbocycles. The Hall–Kier alpha value is -0.0800. The molecule has 0 atom stereocenters. The van der Waals surface area contributed by atoms with Crippen LogP contribution in [0.1, 0.15) is 79.1 Å². The van der Waals surface area contributed by atoms with Crippen LogP contribution in [0.2, 0.25) is 0 Å². The number of hydrogen-bond donors (Lipinski definition) is 1. The van der Waals surface area contributed by atoms with Gasteiger partial charge in [-0.1, -0.05) is 53.4 Å². The number of rotatable bonds is 9. The molecule has 2 nitrogen and oxygen atoms in total. The number of hydrogen-bond acceptors (Lipinski definition) is 2. The second-order valence-electron chi connectivity index (χ2n) is 7.23. The Bertz CT molecular complexity index is 224. The van der Waals surface area contributed by atoms with Crippen LogP contribution in [0, 0.1) is 5.41 Å². The molecule has 1 saturated carbocycles. The normalized spacial score (nSPS) is 19.5. The van der Waals surface area contributed by atoms with E-state index in [-0.39, 0.29) is 0 Å². The highest BCUT2D eigenvalue weighted by Gasteiger charge is 2.32. The van der Waals surface area contributed by atoms with Crippen molar-refractivity contribution in [3.05, 3.63) is 0 Å². The fourth-order valence-electron chi connectivity index (χ4n) is 3.67. The summed E-state index contributed by atoms with van der Waals surface area (Å²) in [6, 6.07) is 0.612. The van der Waals surface area contributed by atoms with Gasteiger partial charge in [-0.25, -0.2) is 0 Å². The van der Waals surface area contributed by atoms with Gasteiger partial charge in [0.25, 0.3) is 0 Å². The maximum atomic E-state index is 3.75. The molecule has 1 fully saturated rings. The first-order valence-electron chi connectivity index (χ1n) is 9.07. The molecule has 20 heavy (non-hydrogen) atoms. The minimum atomic E-state index is 0.533. The van der Waals surface area contributed by atoms with E-state index in [1.165, 1.54) is 77.5 Å². The summed E-state index contributed by atoms with van der Waals surface area (Å²) in [5.41, 5.74) is 0.533. The first-order chi connectivity index (χ1) is 9.62. The average Bonchev–Trinajstić information content (AvgIpc) is 2.63. The summed E-state index contributed by atoms with van der Waals surface area (Å²) in [6.07, 6.45) is 11.2. The Balaban J connectivity index is 2.67. The summed E-state index contributed by atoms with van der Waals surface area (Å²) in [5, 5.41) is 3.75. The molecule has 0 unspecified atom stereocenters. The fourth-order valence-corrected chi connectivity index (χ4v) is 3.67. The maximum Gasteiger partial charge on any atom is 0.00501 e. The van der Waals surface area contributed by atoms with Crippen LogP contribution in [0.15, 0.2) is 0 Å². The first-order valence-corrected chi connectivity index (χ1v) is 9.07. The molecule has 0 aromatic heterocycles. The van der Waals surface area contributed by atoms with Crippen molar-refractivity contribution >= 4 is 0 Å². The highest BCUT2D eigenvalue weighted by Crippen LogP contribution is 2.35. The molecule has 0 amide bonds. The summed E-state index contributed by atoms with van der Waals surface area (Å²) in [5.74, 6) is 0. The minimum absolute atomic E-state index is 0.533. The predicted molar refractivity (Wildman–Crippen MR) is 90.3 cm³/mol. The molecule has 2 heteroatoms. The zero-order chi connectivity index (χ0) is 14.8. The van der Waals surface area contributed by atoms with Gasteiger partial charge in [-0.15, -0.1) is 0 Å². The van der Waals surface area contributed by atoms with E-state index in [0.717, 1.165) is 0 Å². The molecule has 1 aliphatic rings. The molecule has 0 heterocycles. The topological polar surface area (TPSA) is 15.3 Å². The van der Waals surface area contributed by atoms with Crippen LogP contribution < -0.4 is 5.32 Å². The van der Waals surface area contributed by atoms with E-state index in [0.29, 0.717) is 11.5 Å². The summed E-state index contributed by atoms with van der Waals surface area (Å²) in [4.78, 5) is 2.73. The van der Waals surface area contributed by atoms with Crippen LogP contribution in [0.4, 0.5) is 0 Å². The molecule has 0 spiro atoms. The van der Waals surface area contributed by atoms with Gasteiger partial charge < -0.3 is 10.2 Å². The maximum absolute atomic E-state index is 3.75. The van der Waals surface area contributed by atoms with Crippen molar-refractivity contribution in [1.29, 1.82) is 0 Å². The third-order valence-electron chi connectivity index (χ3n) is 4.69. The van der Waals surface area contributed by atoms with Crippen molar-refractivity contribution in [2.75, 3.05) is 26.2 Å². The third kappa shape index (κ3) is 6.58. The van der Waals surface area contributed by atoms with Gasteiger partial charge >= 0.3 is 0 Å². The van der Waals surface area contributed by atoms with Crippen molar-refractivity contribution in [3.8, 4) is 0 Å². The van der Waals surface area contributed by atoms with E-state index < -0.39 is 0 Å². The summed E-state index contributed by atoms with van der Waals surface area (Å²) >= 11 is 0. The molecule has 0 aliphatic heterocycles. The zero-order valence-corrected chi connectivity index (χ0v) is 14.5. The first kappa shape index (κ1) is 18.0. The van der Waals surface area contributed by atoms with E-state index in [9.17, 15) is 0 Å². The standard InChI is InChI=1S/C18H38N2/c1-5-13-20(14-6-2)16-18(15-19-17(3)4)11-9-7-8-10-12-18/h17,19H,5-16H2,1-4H3. The van der Waals surface area contributed by atoms with E-state index in [1.807, 2.05) is 0 Å². The Morgan fingerprint density at radius 3 is 1.95 bits per heavy atom. The van der Waals surface area contributed by atoms with Gasteiger partial charge in [0.2, 0.25) is 0 Å². The fraction of sp³-hybridized carbons (Fsp3) is 1.00. The van der Waals surface area contributed by atoms with Gasteiger partial charge in [-0.3, -0.25) is 0 Å². The Morgan fingerprint density at radius 2 is 1.50 bits per heavy atom. The van der Waals surface area contributed by atoms with Gasteiger partial charge in [0.1, 0.15) is 0 Å². The lowest BCUT2D eigenvalue weighted by Crippen LogP contribution is -2.46. The Labute approximate surface area is 127 Å². The van der Waals surface area contributed by atoms with Crippen LogP contribution in [0.3, 0.4) is 0 Å². The molecule has 0 radical (unpaired) electrons. The number of nitrogens with zero attached hydrogens (tertiary/aromatic N) is 1. The molecule has 0 saturated heterocycles. The van der Waals surface area contributed by atoms with Crippen LogP contribution >= 0.6 is 0 Å². The summed E-state index contributed by atoms with van der Waals surface area (Å²) in [7, 11) is 0. The van der Waals surface area contributed by atoms with Crippen LogP contribution in [0.25, 0.3) is 0 Å². The highest BCUT2D eigenvalue weighted by molar-refractivity contribution is 4.87. The van der Waals surface area contributed by atoms with Crippen LogP contribution in [-0.2, 0) is 0 Å². The molecule has 0 aromatic rings. The monoisotopic (exact) mass is 282 g/mol. The quantitative estimate of drug-likeness (QED) is 0.629. The van der Waals surface area contributed by atoms with Gasteiger partial charge in [-0.05, 0) is 44.2 Å². The predicted octanol–water partition coefficient (Wildman–Crippen LogP) is 4.45. The van der Waals surface area contributed by atoms with Gasteiger partial charge in [0.15, 0.2) is 0 Å². The van der Waals surface area contributed by atoms with E-state index in [1.54, 1.807) is 0 Å². The Morgan fingerprint density at radius 1 is 0.950 bits per heavy atom. The lowest BCUT2D eigenvalue weighted by atomic mass is 9.79. The van der Waals surface area contributed by atoms with Crippen molar-refractivity contribution in [3.63, 3.8) is 0 Å². The smallest absolute Gasteiger partial charge is 0.00501 e. The largest absolute Gasteiger partial charge is 0.314 e. The minimum Gasteiger partial charge on any atom is -0.314 e. The van der Waals surface area contributed by atoms with Gasteiger partial charge in [0, 0.05) is 19.1 Å². The summed E-state index contributed by atoms with van der Waals surface area (Å²) < 4.78 is 0. The second kappa shape index (κ2) is 9.78. The van der Waals surface area contributed by atoms with E-state index in [4.69, 9.17) is 0 Å². The second-order valence-corrected chi connectivity index (χ2v) is 7.23. The molecule has 0 bridgehead atoms.